The summed E-state index contributed by atoms with van der Waals surface area (Å²) in [5.74, 6) is 1.66. The van der Waals surface area contributed by atoms with E-state index >= 15 is 0 Å². The predicted molar refractivity (Wildman–Crippen MR) is 92.4 cm³/mol. The molecular formula is C18H25N5O. The molecule has 2 heterocycles. The van der Waals surface area contributed by atoms with Gasteiger partial charge in [0.2, 0.25) is 5.91 Å². The molecule has 1 saturated carbocycles. The van der Waals surface area contributed by atoms with Crippen LogP contribution in [-0.4, -0.2) is 48.0 Å². The zero-order chi connectivity index (χ0) is 16.8. The van der Waals surface area contributed by atoms with Gasteiger partial charge in [-0.3, -0.25) is 4.79 Å². The molecule has 0 radical (unpaired) electrons. The van der Waals surface area contributed by atoms with Crippen LogP contribution < -0.4 is 10.6 Å². The molecule has 2 aliphatic rings. The molecule has 0 spiro atoms. The Bertz CT molecular complexity index is 588. The van der Waals surface area contributed by atoms with Crippen molar-refractivity contribution in [1.29, 1.82) is 5.26 Å². The highest BCUT2D eigenvalue weighted by atomic mass is 16.2. The van der Waals surface area contributed by atoms with Gasteiger partial charge in [-0.2, -0.15) is 5.26 Å². The molecule has 0 bridgehead atoms. The van der Waals surface area contributed by atoms with Crippen molar-refractivity contribution >= 4 is 11.7 Å². The number of carbonyl (C=O) groups is 1. The van der Waals surface area contributed by atoms with Gasteiger partial charge in [-0.15, -0.1) is 0 Å². The van der Waals surface area contributed by atoms with E-state index in [1.54, 1.807) is 12.3 Å². The van der Waals surface area contributed by atoms with Crippen LogP contribution in [0.3, 0.4) is 0 Å². The summed E-state index contributed by atoms with van der Waals surface area (Å²) in [6.07, 6.45) is 7.26. The van der Waals surface area contributed by atoms with Gasteiger partial charge in [0.15, 0.2) is 0 Å². The number of aromatic nitrogens is 1. The van der Waals surface area contributed by atoms with Crippen LogP contribution in [0.25, 0.3) is 0 Å². The fraction of sp³-hybridized carbons (Fsp3) is 0.611. The lowest BCUT2D eigenvalue weighted by Gasteiger charge is -2.18. The second-order valence-electron chi connectivity index (χ2n) is 6.77. The Labute approximate surface area is 143 Å². The van der Waals surface area contributed by atoms with Gasteiger partial charge in [0, 0.05) is 31.9 Å². The maximum atomic E-state index is 12.1. The fourth-order valence-corrected chi connectivity index (χ4v) is 3.57. The van der Waals surface area contributed by atoms with Crippen molar-refractivity contribution < 1.29 is 4.79 Å². The van der Waals surface area contributed by atoms with Gasteiger partial charge in [0.05, 0.1) is 12.1 Å². The lowest BCUT2D eigenvalue weighted by Crippen LogP contribution is -2.39. The third-order valence-electron chi connectivity index (χ3n) is 5.01. The molecule has 1 amide bonds. The molecule has 2 N–H and O–H groups in total. The van der Waals surface area contributed by atoms with Crippen LogP contribution in [0.15, 0.2) is 18.3 Å². The SMILES string of the molecule is N#Cc1ccc(NC[C@@H]2CC[C@H](NCC(=O)N3CCCC3)C2)nc1. The van der Waals surface area contributed by atoms with Gasteiger partial charge in [-0.1, -0.05) is 0 Å². The molecule has 0 unspecified atom stereocenters. The van der Waals surface area contributed by atoms with Gasteiger partial charge in [0.1, 0.15) is 11.9 Å². The molecule has 2 fully saturated rings. The van der Waals surface area contributed by atoms with E-state index in [1.165, 1.54) is 6.42 Å². The maximum Gasteiger partial charge on any atom is 0.236 e. The van der Waals surface area contributed by atoms with Gasteiger partial charge in [-0.05, 0) is 50.2 Å². The van der Waals surface area contributed by atoms with Crippen LogP contribution in [0.1, 0.15) is 37.7 Å². The highest BCUT2D eigenvalue weighted by Crippen LogP contribution is 2.25. The second-order valence-corrected chi connectivity index (χ2v) is 6.77. The Kier molecular flexibility index (Phi) is 5.65. The molecule has 24 heavy (non-hydrogen) atoms. The van der Waals surface area contributed by atoms with Crippen LogP contribution in [0, 0.1) is 17.2 Å². The Hall–Kier alpha value is -2.13. The maximum absolute atomic E-state index is 12.1. The number of nitrogens with zero attached hydrogens (tertiary/aromatic N) is 3. The second kappa shape index (κ2) is 8.11. The van der Waals surface area contributed by atoms with Crippen molar-refractivity contribution in [2.75, 3.05) is 31.5 Å². The summed E-state index contributed by atoms with van der Waals surface area (Å²) in [6.45, 7) is 3.21. The first-order valence-electron chi connectivity index (χ1n) is 8.86. The van der Waals surface area contributed by atoms with Crippen LogP contribution in [0.5, 0.6) is 0 Å². The van der Waals surface area contributed by atoms with E-state index < -0.39 is 0 Å². The molecule has 1 aromatic rings. The van der Waals surface area contributed by atoms with Crippen molar-refractivity contribution in [3.63, 3.8) is 0 Å². The molecule has 6 nitrogen and oxygen atoms in total. The van der Waals surface area contributed by atoms with Crippen LogP contribution >= 0.6 is 0 Å². The monoisotopic (exact) mass is 327 g/mol. The number of likely N-dealkylation sites (tertiary alicyclic amines) is 1. The summed E-state index contributed by atoms with van der Waals surface area (Å²) >= 11 is 0. The van der Waals surface area contributed by atoms with Crippen LogP contribution in [0.4, 0.5) is 5.82 Å². The number of amides is 1. The summed E-state index contributed by atoms with van der Waals surface area (Å²) in [6, 6.07) is 6.13. The highest BCUT2D eigenvalue weighted by Gasteiger charge is 2.25. The zero-order valence-corrected chi connectivity index (χ0v) is 14.0. The summed E-state index contributed by atoms with van der Waals surface area (Å²) in [5, 5.41) is 15.6. The Morgan fingerprint density at radius 3 is 2.88 bits per heavy atom. The molecule has 3 rings (SSSR count). The lowest BCUT2D eigenvalue weighted by molar-refractivity contribution is -0.129. The smallest absolute Gasteiger partial charge is 0.236 e. The largest absolute Gasteiger partial charge is 0.370 e. The quantitative estimate of drug-likeness (QED) is 0.832. The number of hydrogen-bond acceptors (Lipinski definition) is 5. The van der Waals surface area contributed by atoms with Gasteiger partial charge in [-0.25, -0.2) is 4.98 Å². The van der Waals surface area contributed by atoms with Crippen molar-refractivity contribution in [2.45, 2.75) is 38.1 Å². The van der Waals surface area contributed by atoms with Crippen LogP contribution in [-0.2, 0) is 4.79 Å². The van der Waals surface area contributed by atoms with Gasteiger partial charge < -0.3 is 15.5 Å². The number of nitriles is 1. The molecule has 6 heteroatoms. The first-order valence-corrected chi connectivity index (χ1v) is 8.86. The Morgan fingerprint density at radius 2 is 2.17 bits per heavy atom. The average molecular weight is 327 g/mol. The van der Waals surface area contributed by atoms with Crippen LogP contribution in [0.2, 0.25) is 0 Å². The minimum atomic E-state index is 0.246. The number of pyridine rings is 1. The summed E-state index contributed by atoms with van der Waals surface area (Å²) in [4.78, 5) is 18.3. The summed E-state index contributed by atoms with van der Waals surface area (Å²) in [5.41, 5.74) is 0.577. The minimum Gasteiger partial charge on any atom is -0.370 e. The van der Waals surface area contributed by atoms with E-state index in [0.717, 1.165) is 51.1 Å². The molecule has 1 aliphatic carbocycles. The number of anilines is 1. The van der Waals surface area contributed by atoms with E-state index in [4.69, 9.17) is 5.26 Å². The average Bonchev–Trinajstić information content (AvgIpc) is 3.30. The molecule has 1 aromatic heterocycles. The Balaban J connectivity index is 1.35. The zero-order valence-electron chi connectivity index (χ0n) is 14.0. The fourth-order valence-electron chi connectivity index (χ4n) is 3.57. The third kappa shape index (κ3) is 4.45. The van der Waals surface area contributed by atoms with E-state index in [-0.39, 0.29) is 5.91 Å². The number of rotatable bonds is 6. The van der Waals surface area contributed by atoms with Crippen molar-refractivity contribution in [3.05, 3.63) is 23.9 Å². The highest BCUT2D eigenvalue weighted by molar-refractivity contribution is 5.78. The molecule has 128 valence electrons. The number of nitrogens with one attached hydrogen (secondary N) is 2. The van der Waals surface area contributed by atoms with E-state index in [9.17, 15) is 4.79 Å². The van der Waals surface area contributed by atoms with E-state index in [0.29, 0.717) is 24.1 Å². The Morgan fingerprint density at radius 1 is 1.33 bits per heavy atom. The van der Waals surface area contributed by atoms with E-state index in [2.05, 4.69) is 21.7 Å². The molecule has 2 atom stereocenters. The lowest BCUT2D eigenvalue weighted by atomic mass is 10.1. The summed E-state index contributed by atoms with van der Waals surface area (Å²) in [7, 11) is 0. The molecular weight excluding hydrogens is 302 g/mol. The standard InChI is InChI=1S/C18H25N5O/c19-10-15-4-6-17(22-12-15)21-11-14-3-5-16(9-14)20-13-18(24)23-7-1-2-8-23/h4,6,12,14,16,20H,1-3,5,7-9,11,13H2,(H,21,22)/t14-,16+/m1/s1. The minimum absolute atomic E-state index is 0.246. The normalized spacial score (nSPS) is 23.2. The first-order chi connectivity index (χ1) is 11.7. The topological polar surface area (TPSA) is 81.0 Å². The van der Waals surface area contributed by atoms with Crippen molar-refractivity contribution in [2.24, 2.45) is 5.92 Å². The summed E-state index contributed by atoms with van der Waals surface area (Å²) < 4.78 is 0. The third-order valence-corrected chi connectivity index (χ3v) is 5.01. The van der Waals surface area contributed by atoms with Gasteiger partial charge in [0.25, 0.3) is 0 Å². The van der Waals surface area contributed by atoms with Crippen molar-refractivity contribution in [3.8, 4) is 6.07 Å². The first kappa shape index (κ1) is 16.7. The molecule has 1 aliphatic heterocycles. The predicted octanol–water partition coefficient (Wildman–Crippen LogP) is 1.75. The van der Waals surface area contributed by atoms with E-state index in [1.807, 2.05) is 11.0 Å². The van der Waals surface area contributed by atoms with Crippen molar-refractivity contribution in [1.82, 2.24) is 15.2 Å². The molecule has 0 aromatic carbocycles. The van der Waals surface area contributed by atoms with Gasteiger partial charge >= 0.3 is 0 Å². The number of hydrogen-bond donors (Lipinski definition) is 2. The number of carbonyl (C=O) groups excluding carboxylic acids is 1. The molecule has 1 saturated heterocycles.